The third kappa shape index (κ3) is 1.73. The van der Waals surface area contributed by atoms with Crippen LogP contribution < -0.4 is 10.4 Å². The standard InChI is InChI=1S/C10H7Cl2NO2/c11-8-5-9(13(14)15)10(12)7-4-2-1-3-6(7)8/h3-5H,1-2H2. The summed E-state index contributed by atoms with van der Waals surface area (Å²) in [5.41, 5.74) is -0.132. The lowest BCUT2D eigenvalue weighted by atomic mass is 10.1. The van der Waals surface area contributed by atoms with Gasteiger partial charge in [0.25, 0.3) is 5.69 Å². The molecule has 15 heavy (non-hydrogen) atoms. The van der Waals surface area contributed by atoms with Gasteiger partial charge in [-0.15, -0.1) is 0 Å². The van der Waals surface area contributed by atoms with Crippen LogP contribution in [0.2, 0.25) is 10.0 Å². The van der Waals surface area contributed by atoms with Crippen LogP contribution in [0.3, 0.4) is 0 Å². The van der Waals surface area contributed by atoms with Gasteiger partial charge in [0.2, 0.25) is 0 Å². The lowest BCUT2D eigenvalue weighted by molar-refractivity contribution is -0.384. The number of hydrogen-bond acceptors (Lipinski definition) is 2. The Labute approximate surface area is 95.8 Å². The third-order valence-electron chi connectivity index (χ3n) is 2.33. The second-order valence-electron chi connectivity index (χ2n) is 3.26. The van der Waals surface area contributed by atoms with Crippen LogP contribution in [0, 0.1) is 10.1 Å². The molecule has 0 heterocycles. The third-order valence-corrected chi connectivity index (χ3v) is 3.04. The molecule has 0 saturated carbocycles. The van der Waals surface area contributed by atoms with Crippen LogP contribution in [-0.4, -0.2) is 4.92 Å². The zero-order valence-electron chi connectivity index (χ0n) is 7.67. The number of rotatable bonds is 1. The molecule has 0 radical (unpaired) electrons. The van der Waals surface area contributed by atoms with Crippen LogP contribution in [0.15, 0.2) is 6.07 Å². The Morgan fingerprint density at radius 2 is 1.80 bits per heavy atom. The predicted octanol–water partition coefficient (Wildman–Crippen LogP) is 2.26. The Kier molecular flexibility index (Phi) is 2.67. The van der Waals surface area contributed by atoms with E-state index >= 15 is 0 Å². The van der Waals surface area contributed by atoms with Gasteiger partial charge in [-0.3, -0.25) is 10.1 Å². The van der Waals surface area contributed by atoms with Gasteiger partial charge in [-0.2, -0.15) is 0 Å². The lowest BCUT2D eigenvalue weighted by Crippen LogP contribution is -2.29. The van der Waals surface area contributed by atoms with Crippen molar-refractivity contribution in [3.63, 3.8) is 0 Å². The highest BCUT2D eigenvalue weighted by Gasteiger charge is 2.16. The first kappa shape index (κ1) is 10.5. The smallest absolute Gasteiger partial charge is 0.258 e. The maximum Gasteiger partial charge on any atom is 0.290 e. The van der Waals surface area contributed by atoms with Crippen molar-refractivity contribution in [3.8, 4) is 0 Å². The molecule has 1 aromatic rings. The Balaban J connectivity index is 2.89. The Morgan fingerprint density at radius 3 is 2.40 bits per heavy atom. The fraction of sp³-hybridized carbons (Fsp3) is 0.200. The quantitative estimate of drug-likeness (QED) is 0.561. The molecule has 1 aromatic carbocycles. The van der Waals surface area contributed by atoms with Gasteiger partial charge in [0.05, 0.1) is 9.95 Å². The molecule has 0 N–H and O–H groups in total. The van der Waals surface area contributed by atoms with Gasteiger partial charge in [-0.05, 0) is 18.1 Å². The first-order valence-corrected chi connectivity index (χ1v) is 5.19. The highest BCUT2D eigenvalue weighted by molar-refractivity contribution is 6.34. The predicted molar refractivity (Wildman–Crippen MR) is 60.5 cm³/mol. The molecule has 0 fully saturated rings. The summed E-state index contributed by atoms with van der Waals surface area (Å²) in [4.78, 5) is 10.2. The van der Waals surface area contributed by atoms with E-state index in [-0.39, 0.29) is 10.7 Å². The van der Waals surface area contributed by atoms with Crippen molar-refractivity contribution < 1.29 is 4.92 Å². The molecule has 1 aliphatic rings. The summed E-state index contributed by atoms with van der Waals surface area (Å²) >= 11 is 11.9. The summed E-state index contributed by atoms with van der Waals surface area (Å²) < 4.78 is 0. The van der Waals surface area contributed by atoms with E-state index in [0.717, 1.165) is 18.1 Å². The van der Waals surface area contributed by atoms with Crippen molar-refractivity contribution in [1.29, 1.82) is 0 Å². The molecule has 0 aromatic heterocycles. The molecule has 3 nitrogen and oxygen atoms in total. The van der Waals surface area contributed by atoms with Gasteiger partial charge >= 0.3 is 0 Å². The fourth-order valence-electron chi connectivity index (χ4n) is 1.64. The molecule has 1 aliphatic carbocycles. The van der Waals surface area contributed by atoms with Crippen molar-refractivity contribution in [3.05, 3.63) is 36.7 Å². The van der Waals surface area contributed by atoms with E-state index in [1.54, 1.807) is 0 Å². The van der Waals surface area contributed by atoms with Crippen LogP contribution in [0.4, 0.5) is 5.69 Å². The molecule has 0 amide bonds. The zero-order valence-corrected chi connectivity index (χ0v) is 9.18. The van der Waals surface area contributed by atoms with E-state index < -0.39 is 4.92 Å². The zero-order chi connectivity index (χ0) is 11.0. The first-order chi connectivity index (χ1) is 7.11. The molecular formula is C10H7Cl2NO2. The Morgan fingerprint density at radius 1 is 1.20 bits per heavy atom. The van der Waals surface area contributed by atoms with E-state index in [1.807, 2.05) is 12.2 Å². The van der Waals surface area contributed by atoms with Gasteiger partial charge < -0.3 is 0 Å². The maximum absolute atomic E-state index is 10.7. The number of nitrogens with zero attached hydrogens (tertiary/aromatic N) is 1. The van der Waals surface area contributed by atoms with Crippen LogP contribution >= 0.6 is 23.2 Å². The summed E-state index contributed by atoms with van der Waals surface area (Å²) in [6.45, 7) is 0. The van der Waals surface area contributed by atoms with Crippen molar-refractivity contribution in [2.24, 2.45) is 0 Å². The number of nitro groups is 1. The highest BCUT2D eigenvalue weighted by Crippen LogP contribution is 2.22. The minimum Gasteiger partial charge on any atom is -0.258 e. The average molecular weight is 244 g/mol. The van der Waals surface area contributed by atoms with Crippen LogP contribution in [0.25, 0.3) is 12.2 Å². The van der Waals surface area contributed by atoms with Crippen molar-refractivity contribution in [1.82, 2.24) is 0 Å². The van der Waals surface area contributed by atoms with Crippen molar-refractivity contribution in [2.75, 3.05) is 0 Å². The van der Waals surface area contributed by atoms with Crippen molar-refractivity contribution >= 4 is 41.0 Å². The summed E-state index contributed by atoms with van der Waals surface area (Å²) in [6, 6.07) is 1.30. The molecule has 0 spiro atoms. The van der Waals surface area contributed by atoms with Crippen LogP contribution in [0.1, 0.15) is 12.8 Å². The lowest BCUT2D eigenvalue weighted by Gasteiger charge is -2.04. The number of halogens is 2. The molecule has 0 bridgehead atoms. The minimum absolute atomic E-state index is 0.132. The monoisotopic (exact) mass is 243 g/mol. The maximum atomic E-state index is 10.7. The molecule has 5 heteroatoms. The largest absolute Gasteiger partial charge is 0.290 e. The molecule has 0 saturated heterocycles. The first-order valence-electron chi connectivity index (χ1n) is 4.44. The SMILES string of the molecule is O=[N+]([O-])c1cc(Cl)c2c(c1Cl)=CCCC=2. The van der Waals surface area contributed by atoms with Crippen LogP contribution in [-0.2, 0) is 0 Å². The molecule has 2 rings (SSSR count). The van der Waals surface area contributed by atoms with Crippen molar-refractivity contribution in [2.45, 2.75) is 12.8 Å². The molecular weight excluding hydrogens is 237 g/mol. The normalized spacial score (nSPS) is 13.7. The van der Waals surface area contributed by atoms with E-state index in [0.29, 0.717) is 10.2 Å². The number of benzene rings is 1. The second kappa shape index (κ2) is 3.83. The van der Waals surface area contributed by atoms with Gasteiger partial charge in [0.1, 0.15) is 5.02 Å². The summed E-state index contributed by atoms with van der Waals surface area (Å²) in [7, 11) is 0. The highest BCUT2D eigenvalue weighted by atomic mass is 35.5. The fourth-order valence-corrected chi connectivity index (χ4v) is 2.23. The summed E-state index contributed by atoms with van der Waals surface area (Å²) in [5.74, 6) is 0. The van der Waals surface area contributed by atoms with Gasteiger partial charge in [-0.25, -0.2) is 0 Å². The second-order valence-corrected chi connectivity index (χ2v) is 4.05. The van der Waals surface area contributed by atoms with Gasteiger partial charge in [0.15, 0.2) is 0 Å². The summed E-state index contributed by atoms with van der Waals surface area (Å²) in [6.07, 6.45) is 5.56. The molecule has 78 valence electrons. The van der Waals surface area contributed by atoms with Crippen LogP contribution in [0.5, 0.6) is 0 Å². The van der Waals surface area contributed by atoms with E-state index in [2.05, 4.69) is 0 Å². The topological polar surface area (TPSA) is 43.1 Å². The Bertz CT molecular complexity index is 552. The number of hydrogen-bond donors (Lipinski definition) is 0. The molecule has 0 aliphatic heterocycles. The van der Waals surface area contributed by atoms with Gasteiger partial charge in [0, 0.05) is 11.3 Å². The van der Waals surface area contributed by atoms with Gasteiger partial charge in [-0.1, -0.05) is 35.4 Å². The summed E-state index contributed by atoms with van der Waals surface area (Å²) in [5, 5.41) is 12.7. The van der Waals surface area contributed by atoms with E-state index in [4.69, 9.17) is 23.2 Å². The molecule has 0 unspecified atom stereocenters. The van der Waals surface area contributed by atoms with E-state index in [1.165, 1.54) is 6.07 Å². The number of fused-ring (bicyclic) bond motifs is 1. The van der Waals surface area contributed by atoms with E-state index in [9.17, 15) is 10.1 Å². The molecule has 0 atom stereocenters. The average Bonchev–Trinajstić information content (AvgIpc) is 2.23. The minimum atomic E-state index is -0.517. The number of nitro benzene ring substituents is 1. The Hall–Kier alpha value is -1.06.